The van der Waals surface area contributed by atoms with Crippen molar-refractivity contribution >= 4 is 17.4 Å². The van der Waals surface area contributed by atoms with E-state index >= 15 is 0 Å². The fourth-order valence-corrected chi connectivity index (χ4v) is 10.7. The summed E-state index contributed by atoms with van der Waals surface area (Å²) < 4.78 is 0. The fourth-order valence-electron chi connectivity index (χ4n) is 10.7. The molecule has 248 valence electrons. The molecule has 8 unspecified atom stereocenters. The van der Waals surface area contributed by atoms with Crippen molar-refractivity contribution in [3.63, 3.8) is 0 Å². The van der Waals surface area contributed by atoms with Crippen molar-refractivity contribution in [2.75, 3.05) is 27.2 Å². The van der Waals surface area contributed by atoms with E-state index in [1.807, 2.05) is 12.1 Å². The summed E-state index contributed by atoms with van der Waals surface area (Å²) in [6, 6.07) is 7.43. The van der Waals surface area contributed by atoms with Crippen LogP contribution in [0, 0.1) is 51.8 Å². The molecule has 0 saturated heterocycles. The highest BCUT2D eigenvalue weighted by Crippen LogP contribution is 2.68. The second-order valence-electron chi connectivity index (χ2n) is 16.6. The molecule has 0 bridgehead atoms. The average Bonchev–Trinajstić information content (AvgIpc) is 2.98. The number of carbonyl (C=O) groups is 2. The first-order chi connectivity index (χ1) is 21.2. The molecule has 0 aliphatic heterocycles. The Kier molecular flexibility index (Phi) is 9.81. The molecule has 0 spiro atoms. The molecule has 3 saturated carbocycles. The molecular weight excluding hydrogens is 556 g/mol. The van der Waals surface area contributed by atoms with Crippen molar-refractivity contribution in [2.24, 2.45) is 51.8 Å². The van der Waals surface area contributed by atoms with Crippen LogP contribution in [-0.4, -0.2) is 49.1 Å². The maximum Gasteiger partial charge on any atom is 0.335 e. The summed E-state index contributed by atoms with van der Waals surface area (Å²) in [4.78, 5) is 27.7. The number of amides is 1. The van der Waals surface area contributed by atoms with Gasteiger partial charge in [-0.2, -0.15) is 0 Å². The number of nitrogens with zero attached hydrogens (tertiary/aromatic N) is 1. The number of fused-ring (bicyclic) bond motifs is 5. The van der Waals surface area contributed by atoms with Crippen LogP contribution in [0.15, 0.2) is 42.0 Å². The molecular formula is C40H60N2O3. The number of carboxylic acids is 1. The van der Waals surface area contributed by atoms with Gasteiger partial charge in [0.1, 0.15) is 0 Å². The second kappa shape index (κ2) is 13.0. The molecule has 5 nitrogen and oxygen atoms in total. The van der Waals surface area contributed by atoms with E-state index in [0.29, 0.717) is 47.0 Å². The largest absolute Gasteiger partial charge is 0.478 e. The Balaban J connectivity index is 1.44. The topological polar surface area (TPSA) is 69.6 Å². The molecule has 1 amide bonds. The number of hydrogen-bond acceptors (Lipinski definition) is 3. The molecule has 2 N–H and O–H groups in total. The van der Waals surface area contributed by atoms with Crippen molar-refractivity contribution < 1.29 is 14.7 Å². The lowest BCUT2D eigenvalue weighted by Gasteiger charge is -2.63. The highest BCUT2D eigenvalue weighted by molar-refractivity contribution is 5.88. The zero-order valence-electron chi connectivity index (χ0n) is 29.4. The van der Waals surface area contributed by atoms with E-state index < -0.39 is 5.97 Å². The third-order valence-electron chi connectivity index (χ3n) is 13.4. The molecule has 0 radical (unpaired) electrons. The summed E-state index contributed by atoms with van der Waals surface area (Å²) in [7, 11) is 4.14. The number of hydrogen-bond donors (Lipinski definition) is 2. The zero-order chi connectivity index (χ0) is 32.7. The smallest absolute Gasteiger partial charge is 0.335 e. The minimum absolute atomic E-state index is 0.208. The molecule has 4 aliphatic carbocycles. The van der Waals surface area contributed by atoms with Gasteiger partial charge >= 0.3 is 5.97 Å². The third-order valence-corrected chi connectivity index (χ3v) is 13.4. The van der Waals surface area contributed by atoms with Crippen LogP contribution >= 0.6 is 0 Å². The SMILES string of the molecule is CC(C)C(=CCC1(C)CCCC2(C)C3CCC4(C(=O)NCCN(C)C)CCC(C)C(C)C4C3=CCC12)c1ccc(C(=O)O)cc1. The predicted molar refractivity (Wildman–Crippen MR) is 185 cm³/mol. The molecule has 1 aromatic carbocycles. The van der Waals surface area contributed by atoms with Crippen LogP contribution in [0.25, 0.3) is 5.57 Å². The van der Waals surface area contributed by atoms with Gasteiger partial charge in [-0.25, -0.2) is 4.79 Å². The summed E-state index contributed by atoms with van der Waals surface area (Å²) in [5, 5.41) is 12.8. The van der Waals surface area contributed by atoms with Gasteiger partial charge < -0.3 is 15.3 Å². The minimum atomic E-state index is -0.877. The van der Waals surface area contributed by atoms with Crippen molar-refractivity contribution in [3.05, 3.63) is 53.1 Å². The quantitative estimate of drug-likeness (QED) is 0.272. The zero-order valence-corrected chi connectivity index (χ0v) is 29.4. The summed E-state index contributed by atoms with van der Waals surface area (Å²) in [6.07, 6.45) is 15.4. The summed E-state index contributed by atoms with van der Waals surface area (Å²) in [6.45, 7) is 16.1. The summed E-state index contributed by atoms with van der Waals surface area (Å²) in [5.41, 5.74) is 4.64. The van der Waals surface area contributed by atoms with Crippen LogP contribution in [0.1, 0.15) is 115 Å². The normalized spacial score (nSPS) is 36.5. The van der Waals surface area contributed by atoms with Crippen LogP contribution in [-0.2, 0) is 4.79 Å². The van der Waals surface area contributed by atoms with Crippen molar-refractivity contribution in [2.45, 2.75) is 99.3 Å². The first kappa shape index (κ1) is 33.9. The Bertz CT molecular complexity index is 1310. The van der Waals surface area contributed by atoms with Crippen LogP contribution in [0.5, 0.6) is 0 Å². The molecule has 5 heteroatoms. The summed E-state index contributed by atoms with van der Waals surface area (Å²) >= 11 is 0. The molecule has 1 aromatic rings. The maximum absolute atomic E-state index is 14.1. The van der Waals surface area contributed by atoms with Gasteiger partial charge in [-0.05, 0) is 135 Å². The van der Waals surface area contributed by atoms with Crippen LogP contribution in [0.2, 0.25) is 0 Å². The maximum atomic E-state index is 14.1. The Morgan fingerprint density at radius 2 is 1.69 bits per heavy atom. The van der Waals surface area contributed by atoms with E-state index in [9.17, 15) is 14.7 Å². The van der Waals surface area contributed by atoms with Gasteiger partial charge in [0.15, 0.2) is 0 Å². The summed E-state index contributed by atoms with van der Waals surface area (Å²) in [5.74, 6) is 2.50. The lowest BCUT2D eigenvalue weighted by Crippen LogP contribution is -2.59. The minimum Gasteiger partial charge on any atom is -0.478 e. The molecule has 45 heavy (non-hydrogen) atoms. The van der Waals surface area contributed by atoms with Crippen molar-refractivity contribution in [3.8, 4) is 0 Å². The fraction of sp³-hybridized carbons (Fsp3) is 0.700. The van der Waals surface area contributed by atoms with E-state index in [4.69, 9.17) is 0 Å². The molecule has 5 rings (SSSR count). The molecule has 4 aliphatic rings. The number of nitrogens with one attached hydrogen (secondary N) is 1. The Morgan fingerprint density at radius 3 is 2.33 bits per heavy atom. The second-order valence-corrected chi connectivity index (χ2v) is 16.6. The van der Waals surface area contributed by atoms with Crippen LogP contribution in [0.3, 0.4) is 0 Å². The number of rotatable bonds is 9. The molecule has 0 aromatic heterocycles. The van der Waals surface area contributed by atoms with Crippen LogP contribution < -0.4 is 5.32 Å². The molecule has 0 heterocycles. The number of carbonyl (C=O) groups excluding carboxylic acids is 1. The standard InChI is InChI=1S/C40H60N2O3/c1-26(2)31(29-10-12-30(13-11-29)36(43)44)17-21-38(5)19-9-20-39(6)33-18-23-40(37(45)41-24-25-42(7)8)22-16-27(3)28(4)35(40)32(33)14-15-34(38)39/h10-14,17,26-28,33-35H,9,15-16,18-25H2,1-8H3,(H,41,45)(H,43,44). The monoisotopic (exact) mass is 616 g/mol. The lowest BCUT2D eigenvalue weighted by atomic mass is 9.41. The van der Waals surface area contributed by atoms with E-state index in [-0.39, 0.29) is 16.2 Å². The first-order valence-corrected chi connectivity index (χ1v) is 17.9. The Hall–Kier alpha value is -2.40. The number of benzene rings is 1. The Morgan fingerprint density at radius 1 is 1.02 bits per heavy atom. The van der Waals surface area contributed by atoms with Crippen LogP contribution in [0.4, 0.5) is 0 Å². The Labute approximate surface area is 273 Å². The number of aromatic carboxylic acids is 1. The van der Waals surface area contributed by atoms with Gasteiger partial charge in [-0.1, -0.05) is 77.8 Å². The van der Waals surface area contributed by atoms with Crippen molar-refractivity contribution in [1.29, 1.82) is 0 Å². The number of allylic oxidation sites excluding steroid dienone is 4. The highest BCUT2D eigenvalue weighted by Gasteiger charge is 2.62. The van der Waals surface area contributed by atoms with E-state index in [1.165, 1.54) is 24.8 Å². The van der Waals surface area contributed by atoms with Gasteiger partial charge in [0, 0.05) is 13.1 Å². The number of likely N-dealkylation sites (N-methyl/N-ethyl adjacent to an activating group) is 1. The van der Waals surface area contributed by atoms with Gasteiger partial charge in [0.05, 0.1) is 11.0 Å². The first-order valence-electron chi connectivity index (χ1n) is 17.9. The van der Waals surface area contributed by atoms with Gasteiger partial charge in [-0.15, -0.1) is 0 Å². The highest BCUT2D eigenvalue weighted by atomic mass is 16.4. The number of carboxylic acid groups (broad SMARTS) is 1. The van der Waals surface area contributed by atoms with Gasteiger partial charge in [0.25, 0.3) is 0 Å². The van der Waals surface area contributed by atoms with Crippen molar-refractivity contribution in [1.82, 2.24) is 10.2 Å². The molecule has 3 fully saturated rings. The lowest BCUT2D eigenvalue weighted by molar-refractivity contribution is -0.146. The molecule has 8 atom stereocenters. The van der Waals surface area contributed by atoms with E-state index in [1.54, 1.807) is 17.7 Å². The van der Waals surface area contributed by atoms with E-state index in [0.717, 1.165) is 57.2 Å². The van der Waals surface area contributed by atoms with Gasteiger partial charge in [-0.3, -0.25) is 4.79 Å². The van der Waals surface area contributed by atoms with E-state index in [2.05, 4.69) is 78.0 Å². The third kappa shape index (κ3) is 6.20. The van der Waals surface area contributed by atoms with Gasteiger partial charge in [0.2, 0.25) is 5.91 Å². The average molecular weight is 617 g/mol. The predicted octanol–water partition coefficient (Wildman–Crippen LogP) is 8.71.